The first kappa shape index (κ1) is 12.4. The van der Waals surface area contributed by atoms with Gasteiger partial charge in [-0.1, -0.05) is 6.07 Å². The Labute approximate surface area is 105 Å². The molecule has 0 aromatic heterocycles. The first-order valence-electron chi connectivity index (χ1n) is 5.69. The Balaban J connectivity index is 2.15. The van der Waals surface area contributed by atoms with Gasteiger partial charge in [0.25, 0.3) is 0 Å². The number of amides is 2. The highest BCUT2D eigenvalue weighted by Gasteiger charge is 2.23. The van der Waals surface area contributed by atoms with Gasteiger partial charge >= 0.3 is 6.09 Å². The number of rotatable bonds is 3. The van der Waals surface area contributed by atoms with E-state index in [0.717, 1.165) is 0 Å². The maximum atomic E-state index is 11.5. The van der Waals surface area contributed by atoms with E-state index >= 15 is 0 Å². The van der Waals surface area contributed by atoms with E-state index < -0.39 is 6.04 Å². The largest absolute Gasteiger partial charge is 0.447 e. The summed E-state index contributed by atoms with van der Waals surface area (Å²) in [4.78, 5) is 24.4. The van der Waals surface area contributed by atoms with Crippen LogP contribution in [0, 0.1) is 0 Å². The summed E-state index contributed by atoms with van der Waals surface area (Å²) in [7, 11) is 0. The summed E-state index contributed by atoms with van der Waals surface area (Å²) in [6, 6.07) is 6.43. The number of benzene rings is 1. The summed E-state index contributed by atoms with van der Waals surface area (Å²) in [5, 5.41) is 2.68. The van der Waals surface area contributed by atoms with E-state index in [2.05, 4.69) is 5.32 Å². The molecule has 0 unspecified atom stereocenters. The Kier molecular flexibility index (Phi) is 3.47. The number of hydrogen-bond donors (Lipinski definition) is 2. The number of hydrogen-bond acceptors (Lipinski definition) is 4. The van der Waals surface area contributed by atoms with Crippen molar-refractivity contribution < 1.29 is 14.3 Å². The summed E-state index contributed by atoms with van der Waals surface area (Å²) >= 11 is 0. The lowest BCUT2D eigenvalue weighted by Gasteiger charge is -2.14. The second kappa shape index (κ2) is 5.05. The van der Waals surface area contributed by atoms with E-state index in [9.17, 15) is 9.59 Å². The lowest BCUT2D eigenvalue weighted by Crippen LogP contribution is -2.32. The van der Waals surface area contributed by atoms with Crippen LogP contribution in [0.4, 0.5) is 16.2 Å². The predicted molar refractivity (Wildman–Crippen MR) is 67.4 cm³/mol. The smallest absolute Gasteiger partial charge is 0.414 e. The summed E-state index contributed by atoms with van der Waals surface area (Å²) in [6.07, 6.45) is -0.370. The molecule has 0 aliphatic carbocycles. The fraction of sp³-hybridized carbons (Fsp3) is 0.333. The number of nitrogens with two attached hydrogens (primary N) is 1. The minimum absolute atomic E-state index is 0.267. The molecule has 0 bridgehead atoms. The maximum Gasteiger partial charge on any atom is 0.414 e. The van der Waals surface area contributed by atoms with Crippen LogP contribution in [0.3, 0.4) is 0 Å². The molecule has 1 aromatic carbocycles. The molecule has 2 rings (SSSR count). The van der Waals surface area contributed by atoms with Crippen LogP contribution in [0.15, 0.2) is 24.3 Å². The standard InChI is InChI=1S/C12H15N3O3/c1-8(13)11(16)14-9-3-2-4-10(7-9)15-5-6-18-12(15)17/h2-4,7-8H,5-6,13H2,1H3,(H,14,16)/t8-/m0/s1. The van der Waals surface area contributed by atoms with Gasteiger partial charge in [0.1, 0.15) is 6.61 Å². The molecule has 1 saturated heterocycles. The molecule has 0 spiro atoms. The third-order valence-electron chi connectivity index (χ3n) is 2.60. The zero-order valence-corrected chi connectivity index (χ0v) is 10.1. The van der Waals surface area contributed by atoms with Gasteiger partial charge in [0.15, 0.2) is 0 Å². The second-order valence-corrected chi connectivity index (χ2v) is 4.09. The normalized spacial score (nSPS) is 16.3. The Morgan fingerprint density at radius 3 is 2.94 bits per heavy atom. The molecule has 18 heavy (non-hydrogen) atoms. The van der Waals surface area contributed by atoms with Crippen LogP contribution in [0.1, 0.15) is 6.92 Å². The lowest BCUT2D eigenvalue weighted by atomic mass is 10.2. The van der Waals surface area contributed by atoms with Crippen molar-refractivity contribution in [3.8, 4) is 0 Å². The number of carbonyl (C=O) groups excluding carboxylic acids is 2. The van der Waals surface area contributed by atoms with E-state index in [0.29, 0.717) is 24.5 Å². The molecule has 6 nitrogen and oxygen atoms in total. The lowest BCUT2D eigenvalue weighted by molar-refractivity contribution is -0.117. The van der Waals surface area contributed by atoms with Crippen molar-refractivity contribution in [3.63, 3.8) is 0 Å². The predicted octanol–water partition coefficient (Wildman–Crippen LogP) is 0.929. The van der Waals surface area contributed by atoms with Crippen molar-refractivity contribution in [3.05, 3.63) is 24.3 Å². The van der Waals surface area contributed by atoms with Crippen molar-refractivity contribution in [1.29, 1.82) is 0 Å². The minimum Gasteiger partial charge on any atom is -0.447 e. The van der Waals surface area contributed by atoms with Crippen molar-refractivity contribution in [2.24, 2.45) is 5.73 Å². The fourth-order valence-corrected chi connectivity index (χ4v) is 1.64. The van der Waals surface area contributed by atoms with Crippen LogP contribution in [0.5, 0.6) is 0 Å². The van der Waals surface area contributed by atoms with Gasteiger partial charge in [0, 0.05) is 11.4 Å². The van der Waals surface area contributed by atoms with Crippen LogP contribution in [-0.2, 0) is 9.53 Å². The topological polar surface area (TPSA) is 84.7 Å². The average molecular weight is 249 g/mol. The highest BCUT2D eigenvalue weighted by atomic mass is 16.6. The van der Waals surface area contributed by atoms with Crippen LogP contribution >= 0.6 is 0 Å². The van der Waals surface area contributed by atoms with Gasteiger partial charge in [-0.3, -0.25) is 9.69 Å². The monoisotopic (exact) mass is 249 g/mol. The molecule has 1 aliphatic heterocycles. The number of cyclic esters (lactones) is 1. The molecular formula is C12H15N3O3. The molecule has 6 heteroatoms. The summed E-state index contributed by atoms with van der Waals surface area (Å²) in [6.45, 7) is 2.51. The molecule has 0 radical (unpaired) electrons. The zero-order valence-electron chi connectivity index (χ0n) is 10.1. The molecule has 1 aliphatic rings. The molecular weight excluding hydrogens is 234 g/mol. The van der Waals surface area contributed by atoms with E-state index in [-0.39, 0.29) is 12.0 Å². The highest BCUT2D eigenvalue weighted by Crippen LogP contribution is 2.22. The van der Waals surface area contributed by atoms with Crippen LogP contribution in [0.25, 0.3) is 0 Å². The van der Waals surface area contributed by atoms with Gasteiger partial charge in [0.2, 0.25) is 5.91 Å². The first-order chi connectivity index (χ1) is 8.58. The van der Waals surface area contributed by atoms with Crippen molar-refractivity contribution in [2.75, 3.05) is 23.4 Å². The zero-order chi connectivity index (χ0) is 13.1. The van der Waals surface area contributed by atoms with Crippen LogP contribution in [0.2, 0.25) is 0 Å². The third-order valence-corrected chi connectivity index (χ3v) is 2.60. The third kappa shape index (κ3) is 2.60. The number of carbonyl (C=O) groups is 2. The summed E-state index contributed by atoms with van der Waals surface area (Å²) in [5.74, 6) is -0.267. The van der Waals surface area contributed by atoms with E-state index in [1.807, 2.05) is 0 Å². The van der Waals surface area contributed by atoms with Gasteiger partial charge < -0.3 is 15.8 Å². The Morgan fingerprint density at radius 2 is 2.33 bits per heavy atom. The van der Waals surface area contributed by atoms with Crippen molar-refractivity contribution in [2.45, 2.75) is 13.0 Å². The average Bonchev–Trinajstić information content (AvgIpc) is 2.75. The number of anilines is 2. The van der Waals surface area contributed by atoms with Gasteiger partial charge in [-0.15, -0.1) is 0 Å². The number of nitrogens with zero attached hydrogens (tertiary/aromatic N) is 1. The van der Waals surface area contributed by atoms with E-state index in [1.54, 1.807) is 31.2 Å². The maximum absolute atomic E-state index is 11.5. The van der Waals surface area contributed by atoms with Crippen LogP contribution in [-0.4, -0.2) is 31.2 Å². The Bertz CT molecular complexity index is 473. The summed E-state index contributed by atoms with van der Waals surface area (Å²) in [5.41, 5.74) is 6.77. The molecule has 2 amide bonds. The van der Waals surface area contributed by atoms with E-state index in [1.165, 1.54) is 4.90 Å². The molecule has 0 saturated carbocycles. The first-order valence-corrected chi connectivity index (χ1v) is 5.69. The van der Waals surface area contributed by atoms with Crippen LogP contribution < -0.4 is 16.0 Å². The molecule has 1 heterocycles. The number of nitrogens with one attached hydrogen (secondary N) is 1. The highest BCUT2D eigenvalue weighted by molar-refractivity contribution is 5.96. The van der Waals surface area contributed by atoms with Gasteiger partial charge in [-0.2, -0.15) is 0 Å². The molecule has 1 fully saturated rings. The van der Waals surface area contributed by atoms with Gasteiger partial charge in [-0.25, -0.2) is 4.79 Å². The fourth-order valence-electron chi connectivity index (χ4n) is 1.64. The van der Waals surface area contributed by atoms with Gasteiger partial charge in [-0.05, 0) is 25.1 Å². The summed E-state index contributed by atoms with van der Waals surface area (Å²) < 4.78 is 4.86. The SMILES string of the molecule is C[C@H](N)C(=O)Nc1cccc(N2CCOC2=O)c1. The minimum atomic E-state index is -0.578. The molecule has 3 N–H and O–H groups in total. The molecule has 1 atom stereocenters. The van der Waals surface area contributed by atoms with Crippen molar-refractivity contribution >= 4 is 23.4 Å². The van der Waals surface area contributed by atoms with E-state index in [4.69, 9.17) is 10.5 Å². The molecule has 96 valence electrons. The van der Waals surface area contributed by atoms with Crippen molar-refractivity contribution in [1.82, 2.24) is 0 Å². The Morgan fingerprint density at radius 1 is 1.56 bits per heavy atom. The second-order valence-electron chi connectivity index (χ2n) is 4.09. The van der Waals surface area contributed by atoms with Gasteiger partial charge in [0.05, 0.1) is 12.6 Å². The molecule has 1 aromatic rings. The Hall–Kier alpha value is -2.08. The number of ether oxygens (including phenoxy) is 1. The quantitative estimate of drug-likeness (QED) is 0.834.